The minimum Gasteiger partial charge on any atom is -0.310 e. The molecule has 1 N–H and O–H groups in total. The van der Waals surface area contributed by atoms with Gasteiger partial charge in [-0.1, -0.05) is 13.8 Å². The minimum atomic E-state index is -0.299. The molecule has 2 heterocycles. The van der Waals surface area contributed by atoms with Gasteiger partial charge in [0.05, 0.1) is 0 Å². The number of aromatic nitrogens is 3. The van der Waals surface area contributed by atoms with Gasteiger partial charge < -0.3 is 5.32 Å². The molecule has 0 aliphatic carbocycles. The van der Waals surface area contributed by atoms with E-state index in [4.69, 9.17) is 0 Å². The molecule has 96 valence electrons. The van der Waals surface area contributed by atoms with Crippen LogP contribution in [0.15, 0.2) is 24.7 Å². The summed E-state index contributed by atoms with van der Waals surface area (Å²) in [4.78, 5) is 8.17. The quantitative estimate of drug-likeness (QED) is 0.902. The first kappa shape index (κ1) is 12.7. The Morgan fingerprint density at radius 3 is 2.72 bits per heavy atom. The molecule has 2 rings (SSSR count). The highest BCUT2D eigenvalue weighted by molar-refractivity contribution is 5.31. The number of nitrogens with zero attached hydrogens (tertiary/aromatic N) is 3. The summed E-state index contributed by atoms with van der Waals surface area (Å²) in [5, 5.41) is 3.20. The van der Waals surface area contributed by atoms with Gasteiger partial charge in [0.2, 0.25) is 0 Å². The molecule has 0 saturated carbocycles. The van der Waals surface area contributed by atoms with Crippen LogP contribution in [0.3, 0.4) is 0 Å². The number of hydrogen-bond donors (Lipinski definition) is 1. The molecule has 0 unspecified atom stereocenters. The largest absolute Gasteiger partial charge is 0.310 e. The first-order valence-electron chi connectivity index (χ1n) is 5.96. The SMILES string of the molecule is Cc1nccn1-c1nccc(CNC(C)C)c1F. The monoisotopic (exact) mass is 248 g/mol. The second-order valence-corrected chi connectivity index (χ2v) is 4.49. The molecule has 4 nitrogen and oxygen atoms in total. The fraction of sp³-hybridized carbons (Fsp3) is 0.385. The summed E-state index contributed by atoms with van der Waals surface area (Å²) in [7, 11) is 0. The van der Waals surface area contributed by atoms with Crippen LogP contribution in [0.1, 0.15) is 25.2 Å². The molecular weight excluding hydrogens is 231 g/mol. The van der Waals surface area contributed by atoms with Gasteiger partial charge in [0.25, 0.3) is 0 Å². The average Bonchev–Trinajstić information content (AvgIpc) is 2.74. The normalized spacial score (nSPS) is 11.2. The number of imidazole rings is 1. The zero-order chi connectivity index (χ0) is 13.1. The molecule has 18 heavy (non-hydrogen) atoms. The highest BCUT2D eigenvalue weighted by Gasteiger charge is 2.12. The third kappa shape index (κ3) is 2.56. The van der Waals surface area contributed by atoms with Crippen LogP contribution < -0.4 is 5.32 Å². The smallest absolute Gasteiger partial charge is 0.174 e. The Bertz CT molecular complexity index is 534. The number of hydrogen-bond acceptors (Lipinski definition) is 3. The maximum atomic E-state index is 14.3. The van der Waals surface area contributed by atoms with Gasteiger partial charge in [-0.2, -0.15) is 0 Å². The van der Waals surface area contributed by atoms with E-state index in [2.05, 4.69) is 15.3 Å². The molecule has 0 radical (unpaired) electrons. The Hall–Kier alpha value is -1.75. The molecular formula is C13H17FN4. The zero-order valence-electron chi connectivity index (χ0n) is 10.8. The predicted molar refractivity (Wildman–Crippen MR) is 68.0 cm³/mol. The van der Waals surface area contributed by atoms with Gasteiger partial charge in [-0.25, -0.2) is 14.4 Å². The molecule has 0 amide bonds. The maximum Gasteiger partial charge on any atom is 0.174 e. The molecule has 0 aliphatic heterocycles. The van der Waals surface area contributed by atoms with E-state index in [1.54, 1.807) is 29.2 Å². The van der Waals surface area contributed by atoms with Crippen LogP contribution >= 0.6 is 0 Å². The van der Waals surface area contributed by atoms with Crippen molar-refractivity contribution in [2.45, 2.75) is 33.4 Å². The fourth-order valence-electron chi connectivity index (χ4n) is 1.69. The number of nitrogens with one attached hydrogen (secondary N) is 1. The van der Waals surface area contributed by atoms with Gasteiger partial charge in [-0.05, 0) is 13.0 Å². The molecule has 0 aliphatic rings. The van der Waals surface area contributed by atoms with Crippen LogP contribution in [0.5, 0.6) is 0 Å². The Labute approximate surface area is 106 Å². The number of aryl methyl sites for hydroxylation is 1. The average molecular weight is 248 g/mol. The van der Waals surface area contributed by atoms with Crippen molar-refractivity contribution in [3.63, 3.8) is 0 Å². The number of rotatable bonds is 4. The lowest BCUT2D eigenvalue weighted by molar-refractivity contribution is 0.545. The first-order chi connectivity index (χ1) is 8.59. The van der Waals surface area contributed by atoms with E-state index in [-0.39, 0.29) is 5.82 Å². The second-order valence-electron chi connectivity index (χ2n) is 4.49. The molecule has 0 saturated heterocycles. The van der Waals surface area contributed by atoms with Crippen molar-refractivity contribution < 1.29 is 4.39 Å². The van der Waals surface area contributed by atoms with Crippen molar-refractivity contribution in [2.24, 2.45) is 0 Å². The van der Waals surface area contributed by atoms with E-state index >= 15 is 0 Å². The van der Waals surface area contributed by atoms with Crippen LogP contribution in [0, 0.1) is 12.7 Å². The lowest BCUT2D eigenvalue weighted by Crippen LogP contribution is -2.23. The van der Waals surface area contributed by atoms with E-state index in [0.717, 1.165) is 5.82 Å². The Morgan fingerprint density at radius 1 is 1.33 bits per heavy atom. The maximum absolute atomic E-state index is 14.3. The summed E-state index contributed by atoms with van der Waals surface area (Å²) >= 11 is 0. The van der Waals surface area contributed by atoms with Gasteiger partial charge in [0.1, 0.15) is 5.82 Å². The van der Waals surface area contributed by atoms with Crippen LogP contribution in [-0.4, -0.2) is 20.6 Å². The zero-order valence-corrected chi connectivity index (χ0v) is 10.8. The molecule has 0 bridgehead atoms. The summed E-state index contributed by atoms with van der Waals surface area (Å²) in [6, 6.07) is 2.01. The van der Waals surface area contributed by atoms with Gasteiger partial charge >= 0.3 is 0 Å². The van der Waals surface area contributed by atoms with Gasteiger partial charge in [0.15, 0.2) is 11.6 Å². The second kappa shape index (κ2) is 5.27. The Balaban J connectivity index is 2.33. The van der Waals surface area contributed by atoms with Crippen molar-refractivity contribution in [1.29, 1.82) is 0 Å². The van der Waals surface area contributed by atoms with Crippen molar-refractivity contribution >= 4 is 0 Å². The third-order valence-corrected chi connectivity index (χ3v) is 2.71. The van der Waals surface area contributed by atoms with Crippen LogP contribution in [-0.2, 0) is 6.54 Å². The van der Waals surface area contributed by atoms with Crippen LogP contribution in [0.2, 0.25) is 0 Å². The van der Waals surface area contributed by atoms with E-state index in [9.17, 15) is 4.39 Å². The molecule has 5 heteroatoms. The molecule has 0 atom stereocenters. The highest BCUT2D eigenvalue weighted by Crippen LogP contribution is 2.16. The predicted octanol–water partition coefficient (Wildman–Crippen LogP) is 2.21. The molecule has 2 aromatic rings. The minimum absolute atomic E-state index is 0.299. The summed E-state index contributed by atoms with van der Waals surface area (Å²) < 4.78 is 16.0. The van der Waals surface area contributed by atoms with Crippen molar-refractivity contribution in [3.05, 3.63) is 41.9 Å². The van der Waals surface area contributed by atoms with E-state index < -0.39 is 0 Å². The van der Waals surface area contributed by atoms with Gasteiger partial charge in [-0.15, -0.1) is 0 Å². The molecule has 0 spiro atoms. The van der Waals surface area contributed by atoms with Crippen LogP contribution in [0.4, 0.5) is 4.39 Å². The lowest BCUT2D eigenvalue weighted by atomic mass is 10.2. The van der Waals surface area contributed by atoms with E-state index in [1.165, 1.54) is 0 Å². The summed E-state index contributed by atoms with van der Waals surface area (Å²) in [5.74, 6) is 0.718. The van der Waals surface area contributed by atoms with Crippen molar-refractivity contribution in [1.82, 2.24) is 19.9 Å². The first-order valence-corrected chi connectivity index (χ1v) is 5.96. The number of pyridine rings is 1. The topological polar surface area (TPSA) is 42.7 Å². The standard InChI is InChI=1S/C13H17FN4/c1-9(2)17-8-11-4-5-16-13(12(11)14)18-7-6-15-10(18)3/h4-7,9,17H,8H2,1-3H3. The third-order valence-electron chi connectivity index (χ3n) is 2.71. The summed E-state index contributed by atoms with van der Waals surface area (Å²) in [5.41, 5.74) is 0.613. The lowest BCUT2D eigenvalue weighted by Gasteiger charge is -2.11. The Morgan fingerprint density at radius 2 is 2.11 bits per heavy atom. The van der Waals surface area contributed by atoms with Crippen molar-refractivity contribution in [2.75, 3.05) is 0 Å². The fourth-order valence-corrected chi connectivity index (χ4v) is 1.69. The van der Waals surface area contributed by atoms with E-state index in [0.29, 0.717) is 24.0 Å². The molecule has 0 fully saturated rings. The Kier molecular flexibility index (Phi) is 3.72. The van der Waals surface area contributed by atoms with Gasteiger partial charge in [-0.3, -0.25) is 4.57 Å². The van der Waals surface area contributed by atoms with Crippen LogP contribution in [0.25, 0.3) is 5.82 Å². The highest BCUT2D eigenvalue weighted by atomic mass is 19.1. The summed E-state index contributed by atoms with van der Waals surface area (Å²) in [6.45, 7) is 6.37. The molecule has 0 aromatic carbocycles. The van der Waals surface area contributed by atoms with Crippen molar-refractivity contribution in [3.8, 4) is 5.82 Å². The summed E-state index contributed by atoms with van der Waals surface area (Å²) in [6.07, 6.45) is 4.96. The van der Waals surface area contributed by atoms with E-state index in [1.807, 2.05) is 20.8 Å². The van der Waals surface area contributed by atoms with Gasteiger partial charge in [0, 0.05) is 36.7 Å². The number of halogens is 1. The molecule has 2 aromatic heterocycles.